The van der Waals surface area contributed by atoms with Crippen molar-refractivity contribution in [1.29, 1.82) is 0 Å². The van der Waals surface area contributed by atoms with Crippen LogP contribution in [0.3, 0.4) is 0 Å². The van der Waals surface area contributed by atoms with Crippen molar-refractivity contribution in [3.63, 3.8) is 0 Å². The largest absolute Gasteiger partial charge is 3.00 e. The molecule has 0 aliphatic heterocycles. The van der Waals surface area contributed by atoms with E-state index in [9.17, 15) is 0 Å². The maximum atomic E-state index is 2.97. The van der Waals surface area contributed by atoms with Crippen molar-refractivity contribution in [3.8, 4) is 0 Å². The number of benzene rings is 2. The summed E-state index contributed by atoms with van der Waals surface area (Å²) in [7, 11) is 0. The van der Waals surface area contributed by atoms with E-state index in [1.165, 1.54) is 5.56 Å². The summed E-state index contributed by atoms with van der Waals surface area (Å²) in [5.41, 5.74) is 1.38. The zero-order chi connectivity index (χ0) is 14.3. The van der Waals surface area contributed by atoms with Gasteiger partial charge in [0.1, 0.15) is 0 Å². The van der Waals surface area contributed by atoms with Crippen LogP contribution in [0.4, 0.5) is 0 Å². The third-order valence-corrected chi connectivity index (χ3v) is 2.57. The molecule has 0 saturated carbocycles. The van der Waals surface area contributed by atoms with Crippen LogP contribution < -0.4 is 0 Å². The van der Waals surface area contributed by atoms with E-state index in [0.29, 0.717) is 0 Å². The molecule has 1 aliphatic carbocycles. The molecule has 0 aromatic heterocycles. The van der Waals surface area contributed by atoms with Gasteiger partial charge in [-0.15, -0.1) is 12.2 Å². The minimum absolute atomic E-state index is 0. The van der Waals surface area contributed by atoms with E-state index >= 15 is 0 Å². The van der Waals surface area contributed by atoms with Crippen molar-refractivity contribution in [2.24, 2.45) is 0 Å². The second kappa shape index (κ2) is 15.5. The molecule has 0 heterocycles. The van der Waals surface area contributed by atoms with Gasteiger partial charge in [-0.3, -0.25) is 0 Å². The standard InChI is InChI=1S/C8H9.C6H7.C6H5.Sm/c1-2-8-6-4-3-5-7-8;2*1-2-4-6-5-3-1;/h4-7H,2H2,1H3;1-5H,6H2;1-5H;/q3*-1;+3. The van der Waals surface area contributed by atoms with E-state index in [0.717, 1.165) is 12.8 Å². The number of aryl methyl sites for hydroxylation is 1. The maximum absolute atomic E-state index is 2.97. The van der Waals surface area contributed by atoms with Crippen LogP contribution in [-0.4, -0.2) is 0 Å². The zero-order valence-corrected chi connectivity index (χ0v) is 15.0. The third kappa shape index (κ3) is 12.6. The van der Waals surface area contributed by atoms with Gasteiger partial charge in [0.05, 0.1) is 0 Å². The number of hydrogen-bond acceptors (Lipinski definition) is 0. The van der Waals surface area contributed by atoms with Gasteiger partial charge in [-0.2, -0.15) is 72.3 Å². The first kappa shape index (κ1) is 20.1. The fraction of sp³-hybridized carbons (Fsp3) is 0.150. The van der Waals surface area contributed by atoms with Crippen molar-refractivity contribution in [1.82, 2.24) is 0 Å². The molecule has 0 atom stereocenters. The molecule has 0 N–H and O–H groups in total. The SMILES string of the molecule is C1=C[CH-]CC=C1.CCc1cc[c-]cc1.[Sm+3].[c-]1ccccc1. The summed E-state index contributed by atoms with van der Waals surface area (Å²) in [5.74, 6) is 0. The molecule has 0 unspecified atom stereocenters. The van der Waals surface area contributed by atoms with Crippen molar-refractivity contribution in [2.45, 2.75) is 19.8 Å². The average molecular weight is 412 g/mol. The number of hydrogen-bond donors (Lipinski definition) is 0. The Morgan fingerprint density at radius 1 is 0.952 bits per heavy atom. The zero-order valence-electron chi connectivity index (χ0n) is 12.4. The van der Waals surface area contributed by atoms with Gasteiger partial charge in [0.25, 0.3) is 0 Å². The van der Waals surface area contributed by atoms with Gasteiger partial charge < -0.3 is 0 Å². The minimum atomic E-state index is 0. The summed E-state index contributed by atoms with van der Waals surface area (Å²) < 4.78 is 0. The van der Waals surface area contributed by atoms with Crippen molar-refractivity contribution in [3.05, 3.63) is 103 Å². The van der Waals surface area contributed by atoms with Crippen LogP contribution in [-0.2, 0) is 6.42 Å². The van der Waals surface area contributed by atoms with E-state index in [-0.39, 0.29) is 40.4 Å². The molecule has 1 aliphatic rings. The first-order valence-corrected chi connectivity index (χ1v) is 6.94. The smallest absolute Gasteiger partial charge is 0.228 e. The van der Waals surface area contributed by atoms with Crippen LogP contribution in [0.1, 0.15) is 18.9 Å². The molecule has 107 valence electrons. The molecule has 1 radical (unpaired) electrons. The van der Waals surface area contributed by atoms with Gasteiger partial charge >= 0.3 is 40.4 Å². The normalized spacial score (nSPS) is 10.7. The van der Waals surface area contributed by atoms with Crippen LogP contribution in [0.15, 0.2) is 78.9 Å². The topological polar surface area (TPSA) is 0 Å². The molecule has 2 aromatic carbocycles. The van der Waals surface area contributed by atoms with Crippen LogP contribution >= 0.6 is 0 Å². The van der Waals surface area contributed by atoms with Crippen molar-refractivity contribution < 1.29 is 40.4 Å². The van der Waals surface area contributed by atoms with Gasteiger partial charge in [-0.25, -0.2) is 18.6 Å². The van der Waals surface area contributed by atoms with Crippen LogP contribution in [0.2, 0.25) is 0 Å². The molecule has 3 rings (SSSR count). The van der Waals surface area contributed by atoms with Crippen LogP contribution in [0.25, 0.3) is 0 Å². The molecule has 0 amide bonds. The molecule has 0 bridgehead atoms. The van der Waals surface area contributed by atoms with E-state index in [1.807, 2.05) is 48.5 Å². The summed E-state index contributed by atoms with van der Waals surface area (Å²) in [6.45, 7) is 2.15. The molecular weight excluding hydrogens is 391 g/mol. The third-order valence-electron chi connectivity index (χ3n) is 2.57. The number of rotatable bonds is 1. The van der Waals surface area contributed by atoms with Gasteiger partial charge in [-0.05, 0) is 0 Å². The molecule has 0 saturated heterocycles. The second-order valence-electron chi connectivity index (χ2n) is 4.12. The molecular formula is C20H21Sm. The summed E-state index contributed by atoms with van der Waals surface area (Å²) in [5, 5.41) is 0. The molecule has 0 spiro atoms. The first-order valence-electron chi connectivity index (χ1n) is 6.94. The Morgan fingerprint density at radius 2 is 1.62 bits per heavy atom. The van der Waals surface area contributed by atoms with Gasteiger partial charge in [0.15, 0.2) is 0 Å². The van der Waals surface area contributed by atoms with E-state index in [1.54, 1.807) is 0 Å². The predicted octanol–water partition coefficient (Wildman–Crippen LogP) is 5.24. The van der Waals surface area contributed by atoms with E-state index < -0.39 is 0 Å². The monoisotopic (exact) mass is 413 g/mol. The Kier molecular flexibility index (Phi) is 14.9. The summed E-state index contributed by atoms with van der Waals surface area (Å²) in [6.07, 6.45) is 12.6. The summed E-state index contributed by atoms with van der Waals surface area (Å²) in [6, 6.07) is 23.5. The Labute approximate surface area is 162 Å². The minimum Gasteiger partial charge on any atom is -0.228 e. The van der Waals surface area contributed by atoms with Crippen molar-refractivity contribution >= 4 is 0 Å². The van der Waals surface area contributed by atoms with Gasteiger partial charge in [0.2, 0.25) is 0 Å². The fourth-order valence-corrected chi connectivity index (χ4v) is 1.46. The molecule has 2 aromatic rings. The molecule has 21 heavy (non-hydrogen) atoms. The van der Waals surface area contributed by atoms with E-state index in [2.05, 4.69) is 55.8 Å². The van der Waals surface area contributed by atoms with Crippen LogP contribution in [0.5, 0.6) is 0 Å². The Morgan fingerprint density at radius 3 is 1.86 bits per heavy atom. The Balaban J connectivity index is 0.000000283. The Bertz CT molecular complexity index is 433. The maximum Gasteiger partial charge on any atom is 3.00 e. The summed E-state index contributed by atoms with van der Waals surface area (Å²) >= 11 is 0. The molecule has 0 nitrogen and oxygen atoms in total. The van der Waals surface area contributed by atoms with Gasteiger partial charge in [-0.1, -0.05) is 19.8 Å². The van der Waals surface area contributed by atoms with Crippen molar-refractivity contribution in [2.75, 3.05) is 0 Å². The first-order chi connectivity index (χ1) is 9.93. The average Bonchev–Trinajstić information content (AvgIpc) is 2.60. The summed E-state index contributed by atoms with van der Waals surface area (Å²) in [4.78, 5) is 0. The fourth-order valence-electron chi connectivity index (χ4n) is 1.46. The van der Waals surface area contributed by atoms with Crippen LogP contribution in [0, 0.1) is 58.9 Å². The Hall–Kier alpha value is -0.872. The predicted molar refractivity (Wildman–Crippen MR) is 87.1 cm³/mol. The second-order valence-corrected chi connectivity index (χ2v) is 4.12. The molecule has 1 heteroatoms. The quantitative estimate of drug-likeness (QED) is 0.563. The number of allylic oxidation sites excluding steroid dienone is 4. The molecule has 0 fully saturated rings. The van der Waals surface area contributed by atoms with Gasteiger partial charge in [0, 0.05) is 0 Å². The van der Waals surface area contributed by atoms with E-state index in [4.69, 9.17) is 0 Å².